The standard InChI is InChI=1S/C20H21N3O4S/c1-12-11-28-19-22-15(9-16(24)23(12)19)10-27-17(25)13-6-5-7-14(8-13)21-18(26)20(2,3)4/h5-9,11H,10H2,1-4H3,(H,21,26). The Morgan fingerprint density at radius 2 is 2.00 bits per heavy atom. The average molecular weight is 399 g/mol. The zero-order valence-corrected chi connectivity index (χ0v) is 16.9. The maximum atomic E-state index is 12.4. The number of hydrogen-bond donors (Lipinski definition) is 1. The summed E-state index contributed by atoms with van der Waals surface area (Å²) in [6.45, 7) is 7.14. The van der Waals surface area contributed by atoms with Crippen molar-refractivity contribution >= 4 is 33.9 Å². The molecule has 1 amide bonds. The lowest BCUT2D eigenvalue weighted by Crippen LogP contribution is -2.27. The lowest BCUT2D eigenvalue weighted by Gasteiger charge is -2.17. The van der Waals surface area contributed by atoms with Gasteiger partial charge in [0.1, 0.15) is 6.61 Å². The number of benzene rings is 1. The number of amides is 1. The smallest absolute Gasteiger partial charge is 0.338 e. The molecule has 1 aromatic carbocycles. The van der Waals surface area contributed by atoms with Crippen LogP contribution in [0, 0.1) is 12.3 Å². The quantitative estimate of drug-likeness (QED) is 0.679. The minimum atomic E-state index is -0.559. The average Bonchev–Trinajstić information content (AvgIpc) is 3.00. The van der Waals surface area contributed by atoms with E-state index >= 15 is 0 Å². The molecule has 28 heavy (non-hydrogen) atoms. The zero-order chi connectivity index (χ0) is 20.5. The molecule has 0 saturated carbocycles. The fourth-order valence-corrected chi connectivity index (χ4v) is 3.33. The number of aromatic nitrogens is 2. The first-order valence-corrected chi connectivity index (χ1v) is 9.58. The third-order valence-electron chi connectivity index (χ3n) is 4.02. The molecule has 2 heterocycles. The Bertz CT molecular complexity index is 1110. The second kappa shape index (κ2) is 7.55. The second-order valence-electron chi connectivity index (χ2n) is 7.44. The number of aryl methyl sites for hydroxylation is 1. The van der Waals surface area contributed by atoms with Gasteiger partial charge in [0.2, 0.25) is 5.91 Å². The fourth-order valence-electron chi connectivity index (χ4n) is 2.44. The number of carbonyl (C=O) groups is 2. The molecule has 0 atom stereocenters. The highest BCUT2D eigenvalue weighted by Gasteiger charge is 2.21. The van der Waals surface area contributed by atoms with E-state index in [1.807, 2.05) is 33.1 Å². The van der Waals surface area contributed by atoms with Gasteiger partial charge in [0.25, 0.3) is 5.56 Å². The maximum absolute atomic E-state index is 12.4. The summed E-state index contributed by atoms with van der Waals surface area (Å²) in [6.07, 6.45) is 0. The van der Waals surface area contributed by atoms with Crippen molar-refractivity contribution in [1.29, 1.82) is 0 Å². The first-order chi connectivity index (χ1) is 13.1. The fraction of sp³-hybridized carbons (Fsp3) is 0.300. The zero-order valence-electron chi connectivity index (χ0n) is 16.1. The van der Waals surface area contributed by atoms with Gasteiger partial charge >= 0.3 is 5.97 Å². The molecule has 0 aliphatic rings. The Balaban J connectivity index is 1.71. The predicted molar refractivity (Wildman–Crippen MR) is 108 cm³/mol. The third kappa shape index (κ3) is 4.28. The van der Waals surface area contributed by atoms with Crippen molar-refractivity contribution in [2.45, 2.75) is 34.3 Å². The summed E-state index contributed by atoms with van der Waals surface area (Å²) in [4.78, 5) is 41.5. The number of esters is 1. The van der Waals surface area contributed by atoms with Gasteiger partial charge in [-0.1, -0.05) is 26.8 Å². The third-order valence-corrected chi connectivity index (χ3v) is 4.96. The van der Waals surface area contributed by atoms with E-state index in [4.69, 9.17) is 4.74 Å². The lowest BCUT2D eigenvalue weighted by molar-refractivity contribution is -0.123. The molecule has 8 heteroatoms. The van der Waals surface area contributed by atoms with Crippen LogP contribution in [-0.4, -0.2) is 21.3 Å². The molecule has 0 unspecified atom stereocenters. The molecule has 2 aromatic heterocycles. The minimum Gasteiger partial charge on any atom is -0.456 e. The molecule has 1 N–H and O–H groups in total. The van der Waals surface area contributed by atoms with Crippen molar-refractivity contribution in [2.75, 3.05) is 5.32 Å². The molecule has 0 fully saturated rings. The Morgan fingerprint density at radius 1 is 1.25 bits per heavy atom. The highest BCUT2D eigenvalue weighted by Crippen LogP contribution is 2.19. The van der Waals surface area contributed by atoms with E-state index in [2.05, 4.69) is 10.3 Å². The highest BCUT2D eigenvalue weighted by molar-refractivity contribution is 7.15. The van der Waals surface area contributed by atoms with Crippen LogP contribution in [0.4, 0.5) is 5.69 Å². The molecule has 0 saturated heterocycles. The topological polar surface area (TPSA) is 89.8 Å². The Hall–Kier alpha value is -3.00. The van der Waals surface area contributed by atoms with E-state index in [9.17, 15) is 14.4 Å². The number of rotatable bonds is 4. The van der Waals surface area contributed by atoms with E-state index < -0.39 is 11.4 Å². The number of anilines is 1. The molecule has 3 aromatic rings. The maximum Gasteiger partial charge on any atom is 0.338 e. The molecule has 7 nitrogen and oxygen atoms in total. The summed E-state index contributed by atoms with van der Waals surface area (Å²) in [5.41, 5.74) is 1.27. The SMILES string of the molecule is Cc1csc2nc(COC(=O)c3cccc(NC(=O)C(C)(C)C)c3)cc(=O)n12. The van der Waals surface area contributed by atoms with Gasteiger partial charge in [0.15, 0.2) is 4.96 Å². The summed E-state index contributed by atoms with van der Waals surface area (Å²) in [5, 5.41) is 4.62. The number of thiazole rings is 1. The van der Waals surface area contributed by atoms with Crippen LogP contribution in [0.3, 0.4) is 0 Å². The van der Waals surface area contributed by atoms with Gasteiger partial charge in [0.05, 0.1) is 11.3 Å². The molecule has 0 spiro atoms. The highest BCUT2D eigenvalue weighted by atomic mass is 32.1. The van der Waals surface area contributed by atoms with Crippen LogP contribution in [0.15, 0.2) is 40.5 Å². The van der Waals surface area contributed by atoms with E-state index in [1.54, 1.807) is 24.3 Å². The van der Waals surface area contributed by atoms with Crippen molar-refractivity contribution in [3.05, 3.63) is 63.0 Å². The summed E-state index contributed by atoms with van der Waals surface area (Å²) < 4.78 is 6.81. The predicted octanol–water partition coefficient (Wildman–Crippen LogP) is 3.41. The number of hydrogen-bond acceptors (Lipinski definition) is 6. The van der Waals surface area contributed by atoms with Gasteiger partial charge in [-0.15, -0.1) is 11.3 Å². The molecular formula is C20H21N3O4S. The number of ether oxygens (including phenoxy) is 1. The first-order valence-electron chi connectivity index (χ1n) is 8.70. The van der Waals surface area contributed by atoms with Crippen LogP contribution in [0.1, 0.15) is 42.5 Å². The summed E-state index contributed by atoms with van der Waals surface area (Å²) in [5.74, 6) is -0.710. The molecule has 0 aliphatic heterocycles. The molecule has 3 rings (SSSR count). The van der Waals surface area contributed by atoms with Gasteiger partial charge in [-0.3, -0.25) is 14.0 Å². The second-order valence-corrected chi connectivity index (χ2v) is 8.28. The normalized spacial score (nSPS) is 11.4. The van der Waals surface area contributed by atoms with Crippen molar-refractivity contribution in [3.63, 3.8) is 0 Å². The van der Waals surface area contributed by atoms with Gasteiger partial charge in [-0.25, -0.2) is 9.78 Å². The van der Waals surface area contributed by atoms with E-state index in [-0.39, 0.29) is 18.1 Å². The van der Waals surface area contributed by atoms with Crippen LogP contribution in [0.2, 0.25) is 0 Å². The summed E-state index contributed by atoms with van der Waals surface area (Å²) in [7, 11) is 0. The number of nitrogens with one attached hydrogen (secondary N) is 1. The van der Waals surface area contributed by atoms with E-state index in [0.29, 0.717) is 21.9 Å². The van der Waals surface area contributed by atoms with Gasteiger partial charge in [0, 0.05) is 28.2 Å². The van der Waals surface area contributed by atoms with Crippen LogP contribution >= 0.6 is 11.3 Å². The van der Waals surface area contributed by atoms with Gasteiger partial charge in [-0.2, -0.15) is 0 Å². The molecule has 0 aliphatic carbocycles. The minimum absolute atomic E-state index is 0.111. The van der Waals surface area contributed by atoms with Crippen molar-refractivity contribution in [1.82, 2.24) is 9.38 Å². The largest absolute Gasteiger partial charge is 0.456 e. The molecule has 0 radical (unpaired) electrons. The van der Waals surface area contributed by atoms with Crippen LogP contribution in [0.25, 0.3) is 4.96 Å². The molecular weight excluding hydrogens is 378 g/mol. The van der Waals surface area contributed by atoms with Gasteiger partial charge in [-0.05, 0) is 25.1 Å². The summed E-state index contributed by atoms with van der Waals surface area (Å²) >= 11 is 1.35. The molecule has 146 valence electrons. The summed E-state index contributed by atoms with van der Waals surface area (Å²) in [6, 6.07) is 7.89. The Morgan fingerprint density at radius 3 is 2.71 bits per heavy atom. The van der Waals surface area contributed by atoms with Crippen molar-refractivity contribution in [2.24, 2.45) is 5.41 Å². The van der Waals surface area contributed by atoms with Crippen LogP contribution < -0.4 is 10.9 Å². The number of carbonyl (C=O) groups excluding carboxylic acids is 2. The van der Waals surface area contributed by atoms with E-state index in [1.165, 1.54) is 21.8 Å². The first kappa shape index (κ1) is 19.8. The van der Waals surface area contributed by atoms with Crippen LogP contribution in [-0.2, 0) is 16.1 Å². The van der Waals surface area contributed by atoms with Crippen molar-refractivity contribution < 1.29 is 14.3 Å². The number of fused-ring (bicyclic) bond motifs is 1. The lowest BCUT2D eigenvalue weighted by atomic mass is 9.95. The Labute approximate surface area is 166 Å². The Kier molecular flexibility index (Phi) is 5.33. The van der Waals surface area contributed by atoms with E-state index in [0.717, 1.165) is 5.69 Å². The van der Waals surface area contributed by atoms with Crippen LogP contribution in [0.5, 0.6) is 0 Å². The molecule has 0 bridgehead atoms. The van der Waals surface area contributed by atoms with Crippen molar-refractivity contribution in [3.8, 4) is 0 Å². The van der Waals surface area contributed by atoms with Gasteiger partial charge < -0.3 is 10.1 Å². The number of nitrogens with zero attached hydrogens (tertiary/aromatic N) is 2. The monoisotopic (exact) mass is 399 g/mol.